The summed E-state index contributed by atoms with van der Waals surface area (Å²) in [4.78, 5) is 7.42. The van der Waals surface area contributed by atoms with Gasteiger partial charge in [0.25, 0.3) is 0 Å². The van der Waals surface area contributed by atoms with Crippen LogP contribution in [0.5, 0.6) is 0 Å². The maximum Gasteiger partial charge on any atom is 0.218 e. The molecule has 4 nitrogen and oxygen atoms in total. The summed E-state index contributed by atoms with van der Waals surface area (Å²) in [5.41, 5.74) is 0. The Balaban J connectivity index is 2.14. The minimum Gasteiger partial charge on any atom is -0.315 e. The molecule has 0 spiro atoms. The van der Waals surface area contributed by atoms with Gasteiger partial charge in [-0.25, -0.2) is 14.4 Å². The van der Waals surface area contributed by atoms with E-state index in [-0.39, 0.29) is 10.4 Å². The molecule has 1 N–H and O–H groups in total. The van der Waals surface area contributed by atoms with E-state index in [4.69, 9.17) is 0 Å². The van der Waals surface area contributed by atoms with Crippen LogP contribution in [0.1, 0.15) is 6.42 Å². The molecular formula is C8H10FN3OS. The molecule has 0 aromatic carbocycles. The second kappa shape index (κ2) is 4.10. The molecule has 0 amide bonds. The van der Waals surface area contributed by atoms with Gasteiger partial charge in [0.1, 0.15) is 0 Å². The molecule has 76 valence electrons. The minimum absolute atomic E-state index is 0.0560. The predicted octanol–water partition coefficient (Wildman–Crippen LogP) is 0.0852. The molecule has 0 aliphatic carbocycles. The summed E-state index contributed by atoms with van der Waals surface area (Å²) < 4.78 is 24.3. The van der Waals surface area contributed by atoms with Gasteiger partial charge in [0.2, 0.25) is 5.16 Å². The molecule has 2 heterocycles. The molecule has 1 aliphatic heterocycles. The molecule has 1 aromatic heterocycles. The number of hydrogen-bond donors (Lipinski definition) is 1. The average Bonchev–Trinajstić information content (AvgIpc) is 2.71. The Hall–Kier alpha value is -0.880. The van der Waals surface area contributed by atoms with Gasteiger partial charge < -0.3 is 5.32 Å². The van der Waals surface area contributed by atoms with Gasteiger partial charge in [-0.1, -0.05) is 0 Å². The van der Waals surface area contributed by atoms with Crippen molar-refractivity contribution in [1.82, 2.24) is 15.3 Å². The third-order valence-electron chi connectivity index (χ3n) is 2.09. The van der Waals surface area contributed by atoms with Crippen molar-refractivity contribution in [2.45, 2.75) is 16.8 Å². The molecular weight excluding hydrogens is 205 g/mol. The predicted molar refractivity (Wildman–Crippen MR) is 49.7 cm³/mol. The monoisotopic (exact) mass is 215 g/mol. The first-order valence-corrected chi connectivity index (χ1v) is 5.57. The molecule has 1 saturated heterocycles. The Kier molecular flexibility index (Phi) is 2.83. The Morgan fingerprint density at radius 3 is 2.79 bits per heavy atom. The van der Waals surface area contributed by atoms with Crippen LogP contribution in [0.4, 0.5) is 4.39 Å². The lowest BCUT2D eigenvalue weighted by atomic mass is 10.4. The summed E-state index contributed by atoms with van der Waals surface area (Å²) >= 11 is 0. The molecule has 1 aliphatic rings. The smallest absolute Gasteiger partial charge is 0.218 e. The molecule has 0 bridgehead atoms. The van der Waals surface area contributed by atoms with Gasteiger partial charge in [0, 0.05) is 6.54 Å². The quantitative estimate of drug-likeness (QED) is 0.710. The summed E-state index contributed by atoms with van der Waals surface area (Å²) in [6.45, 7) is 1.59. The molecule has 2 atom stereocenters. The van der Waals surface area contributed by atoms with Crippen LogP contribution in [-0.4, -0.2) is 32.5 Å². The highest BCUT2D eigenvalue weighted by Gasteiger charge is 2.23. The standard InChI is InChI=1S/C8H10FN3OS/c9-6-3-11-8(12-4-6)14(13)7-1-2-10-5-7/h3-4,7,10H,1-2,5H2/t7-,14-/m1/s1. The van der Waals surface area contributed by atoms with Gasteiger partial charge in [0.05, 0.1) is 28.4 Å². The van der Waals surface area contributed by atoms with Gasteiger partial charge in [-0.05, 0) is 13.0 Å². The lowest BCUT2D eigenvalue weighted by Crippen LogP contribution is -2.20. The Morgan fingerprint density at radius 2 is 2.21 bits per heavy atom. The Bertz CT molecular complexity index is 337. The number of nitrogens with zero attached hydrogens (tertiary/aromatic N) is 2. The first-order valence-electron chi connectivity index (χ1n) is 4.36. The van der Waals surface area contributed by atoms with Crippen LogP contribution >= 0.6 is 0 Å². The molecule has 1 aromatic rings. The van der Waals surface area contributed by atoms with Crippen LogP contribution in [0.25, 0.3) is 0 Å². The fraction of sp³-hybridized carbons (Fsp3) is 0.500. The van der Waals surface area contributed by atoms with Crippen LogP contribution in [0.15, 0.2) is 17.6 Å². The number of halogens is 1. The van der Waals surface area contributed by atoms with E-state index >= 15 is 0 Å². The van der Waals surface area contributed by atoms with E-state index in [9.17, 15) is 8.60 Å². The van der Waals surface area contributed by atoms with Gasteiger partial charge in [-0.15, -0.1) is 0 Å². The van der Waals surface area contributed by atoms with Crippen LogP contribution in [-0.2, 0) is 10.8 Å². The van der Waals surface area contributed by atoms with Crippen molar-refractivity contribution in [3.05, 3.63) is 18.2 Å². The molecule has 1 fully saturated rings. The van der Waals surface area contributed by atoms with Gasteiger partial charge >= 0.3 is 0 Å². The summed E-state index contributed by atoms with van der Waals surface area (Å²) in [7, 11) is -1.22. The van der Waals surface area contributed by atoms with Crippen molar-refractivity contribution >= 4 is 10.8 Å². The first-order chi connectivity index (χ1) is 6.77. The van der Waals surface area contributed by atoms with Crippen LogP contribution in [0, 0.1) is 5.82 Å². The Labute approximate surface area is 83.4 Å². The number of aromatic nitrogens is 2. The lowest BCUT2D eigenvalue weighted by Gasteiger charge is -2.05. The van der Waals surface area contributed by atoms with E-state index in [0.29, 0.717) is 6.54 Å². The third-order valence-corrected chi connectivity index (χ3v) is 3.67. The molecule has 6 heteroatoms. The highest BCUT2D eigenvalue weighted by atomic mass is 32.2. The van der Waals surface area contributed by atoms with Crippen molar-refractivity contribution < 1.29 is 8.60 Å². The van der Waals surface area contributed by atoms with Crippen molar-refractivity contribution in [3.8, 4) is 0 Å². The van der Waals surface area contributed by atoms with Crippen LogP contribution in [0.2, 0.25) is 0 Å². The van der Waals surface area contributed by atoms with Crippen molar-refractivity contribution in [2.24, 2.45) is 0 Å². The van der Waals surface area contributed by atoms with Gasteiger partial charge in [-0.2, -0.15) is 0 Å². The molecule has 2 rings (SSSR count). The van der Waals surface area contributed by atoms with Crippen molar-refractivity contribution in [3.63, 3.8) is 0 Å². The summed E-state index contributed by atoms with van der Waals surface area (Å²) in [6, 6.07) is 0. The number of rotatable bonds is 2. The summed E-state index contributed by atoms with van der Waals surface area (Å²) in [5.74, 6) is -0.504. The van der Waals surface area contributed by atoms with E-state index in [2.05, 4.69) is 15.3 Å². The van der Waals surface area contributed by atoms with Crippen LogP contribution in [0.3, 0.4) is 0 Å². The zero-order valence-corrected chi connectivity index (χ0v) is 8.26. The minimum atomic E-state index is -1.22. The van der Waals surface area contributed by atoms with E-state index in [1.165, 1.54) is 0 Å². The normalized spacial score (nSPS) is 23.6. The summed E-state index contributed by atoms with van der Waals surface area (Å²) in [5, 5.41) is 3.39. The van der Waals surface area contributed by atoms with E-state index in [0.717, 1.165) is 25.4 Å². The Morgan fingerprint density at radius 1 is 1.50 bits per heavy atom. The largest absolute Gasteiger partial charge is 0.315 e. The zero-order valence-electron chi connectivity index (χ0n) is 7.44. The van der Waals surface area contributed by atoms with E-state index in [1.807, 2.05) is 0 Å². The van der Waals surface area contributed by atoms with E-state index < -0.39 is 16.6 Å². The topological polar surface area (TPSA) is 54.9 Å². The summed E-state index contributed by atoms with van der Waals surface area (Å²) in [6.07, 6.45) is 2.94. The first kappa shape index (κ1) is 9.67. The second-order valence-electron chi connectivity index (χ2n) is 3.10. The number of hydrogen-bond acceptors (Lipinski definition) is 4. The van der Waals surface area contributed by atoms with E-state index in [1.54, 1.807) is 0 Å². The van der Waals surface area contributed by atoms with Crippen LogP contribution < -0.4 is 5.32 Å². The SMILES string of the molecule is O=[S@@](c1ncc(F)cn1)[C@@H]1CCNC1. The van der Waals surface area contributed by atoms with Crippen molar-refractivity contribution in [2.75, 3.05) is 13.1 Å². The van der Waals surface area contributed by atoms with Crippen molar-refractivity contribution in [1.29, 1.82) is 0 Å². The molecule has 0 radical (unpaired) electrons. The highest BCUT2D eigenvalue weighted by Crippen LogP contribution is 2.11. The number of nitrogens with one attached hydrogen (secondary N) is 1. The maximum absolute atomic E-state index is 12.5. The fourth-order valence-electron chi connectivity index (χ4n) is 1.36. The highest BCUT2D eigenvalue weighted by molar-refractivity contribution is 7.85. The lowest BCUT2D eigenvalue weighted by molar-refractivity contribution is 0.601. The molecule has 0 unspecified atom stereocenters. The van der Waals surface area contributed by atoms with Gasteiger partial charge in [-0.3, -0.25) is 4.21 Å². The second-order valence-corrected chi connectivity index (χ2v) is 4.72. The molecule has 14 heavy (non-hydrogen) atoms. The maximum atomic E-state index is 12.5. The molecule has 0 saturated carbocycles. The average molecular weight is 215 g/mol. The fourth-order valence-corrected chi connectivity index (χ4v) is 2.58. The van der Waals surface area contributed by atoms with Gasteiger partial charge in [0.15, 0.2) is 5.82 Å². The zero-order chi connectivity index (χ0) is 9.97. The third kappa shape index (κ3) is 1.96.